The normalized spacial score (nSPS) is 11.4. The highest BCUT2D eigenvalue weighted by Crippen LogP contribution is 2.06. The van der Waals surface area contributed by atoms with Crippen LogP contribution in [0.5, 0.6) is 0 Å². The van der Waals surface area contributed by atoms with Crippen LogP contribution >= 0.6 is 27.7 Å². The number of carboxylic acids is 1. The van der Waals surface area contributed by atoms with Crippen molar-refractivity contribution in [1.82, 2.24) is 15.5 Å². The number of likely N-dealkylation sites (N-methyl/N-ethyl adjacent to an activating group) is 1. The van der Waals surface area contributed by atoms with E-state index < -0.39 is 12.0 Å². The third kappa shape index (κ3) is 10.2. The number of aliphatic carboxylic acids is 1. The molecule has 0 rings (SSSR count). The first kappa shape index (κ1) is 21.7. The summed E-state index contributed by atoms with van der Waals surface area (Å²) < 4.78 is 0. The van der Waals surface area contributed by atoms with Gasteiger partial charge in [-0.1, -0.05) is 15.9 Å². The summed E-state index contributed by atoms with van der Waals surface area (Å²) >= 11 is 4.30. The molecule has 0 spiro atoms. The number of carboxylic acid groups (broad SMARTS) is 1. The molecular weight excluding hydrogens is 390 g/mol. The van der Waals surface area contributed by atoms with Gasteiger partial charge in [-0.2, -0.15) is 11.8 Å². The second kappa shape index (κ2) is 12.2. The summed E-state index contributed by atoms with van der Waals surface area (Å²) in [6, 6.07) is -0.870. The van der Waals surface area contributed by atoms with Crippen LogP contribution in [0.2, 0.25) is 0 Å². The van der Waals surface area contributed by atoms with Crippen LogP contribution in [0.1, 0.15) is 13.3 Å². The first-order chi connectivity index (χ1) is 10.8. The van der Waals surface area contributed by atoms with E-state index in [-0.39, 0.29) is 35.2 Å². The molecule has 8 nitrogen and oxygen atoms in total. The zero-order valence-corrected chi connectivity index (χ0v) is 15.5. The Balaban J connectivity index is 3.74. The van der Waals surface area contributed by atoms with E-state index in [0.717, 1.165) is 0 Å². The Labute approximate surface area is 147 Å². The molecule has 0 heterocycles. The molecule has 3 N–H and O–H groups in total. The van der Waals surface area contributed by atoms with Gasteiger partial charge in [0.25, 0.3) is 0 Å². The Morgan fingerprint density at radius 1 is 1.17 bits per heavy atom. The van der Waals surface area contributed by atoms with E-state index in [1.807, 2.05) is 0 Å². The van der Waals surface area contributed by atoms with Crippen LogP contribution < -0.4 is 10.6 Å². The Kier molecular flexibility index (Phi) is 11.5. The number of nitrogens with zero attached hydrogens (tertiary/aromatic N) is 1. The Morgan fingerprint density at radius 3 is 2.26 bits per heavy atom. The van der Waals surface area contributed by atoms with E-state index in [1.54, 1.807) is 0 Å². The minimum Gasteiger partial charge on any atom is -0.480 e. The smallest absolute Gasteiger partial charge is 0.326 e. The number of halogens is 1. The van der Waals surface area contributed by atoms with Crippen molar-refractivity contribution in [2.24, 2.45) is 0 Å². The molecule has 0 aliphatic carbocycles. The predicted molar refractivity (Wildman–Crippen MR) is 91.6 cm³/mol. The quantitative estimate of drug-likeness (QED) is 0.316. The molecule has 0 aromatic carbocycles. The predicted octanol–water partition coefficient (Wildman–Crippen LogP) is -0.331. The van der Waals surface area contributed by atoms with E-state index in [0.29, 0.717) is 18.8 Å². The maximum atomic E-state index is 11.7. The Morgan fingerprint density at radius 2 is 1.74 bits per heavy atom. The van der Waals surface area contributed by atoms with E-state index in [4.69, 9.17) is 5.11 Å². The van der Waals surface area contributed by atoms with Gasteiger partial charge in [-0.05, 0) is 6.92 Å². The fourth-order valence-corrected chi connectivity index (χ4v) is 2.33. The summed E-state index contributed by atoms with van der Waals surface area (Å²) in [4.78, 5) is 46.1. The van der Waals surface area contributed by atoms with Gasteiger partial charge in [0, 0.05) is 32.3 Å². The molecule has 0 aliphatic rings. The maximum Gasteiger partial charge on any atom is 0.326 e. The van der Waals surface area contributed by atoms with Crippen molar-refractivity contribution in [2.75, 3.05) is 37.0 Å². The molecule has 1 atom stereocenters. The molecular formula is C13H22BrN3O5S. The Hall–Kier alpha value is -1.29. The second-order valence-corrected chi connectivity index (χ2v) is 6.32. The molecule has 0 unspecified atom stereocenters. The molecule has 0 bridgehead atoms. The number of carbonyl (C=O) groups is 4. The Bertz CT molecular complexity index is 436. The summed E-state index contributed by atoms with van der Waals surface area (Å²) in [6.07, 6.45) is 0.174. The largest absolute Gasteiger partial charge is 0.480 e. The SMILES string of the molecule is C[C@@H](C(=O)O)N(C)C(=O)CCSCC(=O)NCCNC(=O)CBr. The monoisotopic (exact) mass is 411 g/mol. The van der Waals surface area contributed by atoms with Crippen LogP contribution in [-0.2, 0) is 19.2 Å². The number of alkyl halides is 1. The van der Waals surface area contributed by atoms with Gasteiger partial charge in [-0.15, -0.1) is 0 Å². The van der Waals surface area contributed by atoms with Gasteiger partial charge in [-0.25, -0.2) is 4.79 Å². The second-order valence-electron chi connectivity index (χ2n) is 4.65. The van der Waals surface area contributed by atoms with Gasteiger partial charge < -0.3 is 20.6 Å². The highest BCUT2D eigenvalue weighted by molar-refractivity contribution is 9.09. The molecule has 0 aliphatic heterocycles. The van der Waals surface area contributed by atoms with Gasteiger partial charge in [0.15, 0.2) is 0 Å². The number of amides is 3. The van der Waals surface area contributed by atoms with Crippen LogP contribution in [0.15, 0.2) is 0 Å². The summed E-state index contributed by atoms with van der Waals surface area (Å²) in [5.41, 5.74) is 0. The van der Waals surface area contributed by atoms with Gasteiger partial charge in [-0.3, -0.25) is 14.4 Å². The van der Waals surface area contributed by atoms with Crippen LogP contribution in [0.3, 0.4) is 0 Å². The lowest BCUT2D eigenvalue weighted by Crippen LogP contribution is -2.40. The van der Waals surface area contributed by atoms with Gasteiger partial charge >= 0.3 is 5.97 Å². The first-order valence-electron chi connectivity index (χ1n) is 6.95. The molecule has 3 amide bonds. The molecule has 0 saturated heterocycles. The van der Waals surface area contributed by atoms with Gasteiger partial charge in [0.2, 0.25) is 17.7 Å². The summed E-state index contributed by atoms with van der Waals surface area (Å²) in [5.74, 6) is -1.01. The summed E-state index contributed by atoms with van der Waals surface area (Å²) in [6.45, 7) is 2.14. The fourth-order valence-electron chi connectivity index (χ4n) is 1.38. The zero-order valence-electron chi connectivity index (χ0n) is 13.1. The van der Waals surface area contributed by atoms with E-state index in [2.05, 4.69) is 26.6 Å². The first-order valence-corrected chi connectivity index (χ1v) is 9.22. The molecule has 0 fully saturated rings. The van der Waals surface area contributed by atoms with Crippen molar-refractivity contribution in [3.63, 3.8) is 0 Å². The molecule has 10 heteroatoms. The van der Waals surface area contributed by atoms with Crippen molar-refractivity contribution in [2.45, 2.75) is 19.4 Å². The lowest BCUT2D eigenvalue weighted by Gasteiger charge is -2.21. The average molecular weight is 412 g/mol. The minimum absolute atomic E-state index is 0.146. The lowest BCUT2D eigenvalue weighted by atomic mass is 10.3. The number of rotatable bonds is 11. The molecule has 23 heavy (non-hydrogen) atoms. The van der Waals surface area contributed by atoms with E-state index in [9.17, 15) is 19.2 Å². The minimum atomic E-state index is -1.06. The van der Waals surface area contributed by atoms with Crippen LogP contribution in [-0.4, -0.2) is 76.7 Å². The van der Waals surface area contributed by atoms with E-state index in [1.165, 1.54) is 30.6 Å². The number of hydrogen-bond acceptors (Lipinski definition) is 5. The highest BCUT2D eigenvalue weighted by atomic mass is 79.9. The lowest BCUT2D eigenvalue weighted by molar-refractivity contribution is -0.148. The van der Waals surface area contributed by atoms with Crippen LogP contribution in [0.25, 0.3) is 0 Å². The molecule has 0 aromatic rings. The summed E-state index contributed by atoms with van der Waals surface area (Å²) in [7, 11) is 1.44. The third-order valence-corrected chi connectivity index (χ3v) is 4.38. The molecule has 0 saturated carbocycles. The van der Waals surface area contributed by atoms with Gasteiger partial charge in [0.1, 0.15) is 6.04 Å². The van der Waals surface area contributed by atoms with Crippen molar-refractivity contribution in [3.05, 3.63) is 0 Å². The molecule has 132 valence electrons. The summed E-state index contributed by atoms with van der Waals surface area (Å²) in [5, 5.41) is 14.3. The topological polar surface area (TPSA) is 116 Å². The maximum absolute atomic E-state index is 11.7. The van der Waals surface area contributed by atoms with E-state index >= 15 is 0 Å². The zero-order chi connectivity index (χ0) is 17.8. The number of carbonyl (C=O) groups excluding carboxylic acids is 3. The third-order valence-electron chi connectivity index (χ3n) is 2.92. The number of hydrogen-bond donors (Lipinski definition) is 3. The van der Waals surface area contributed by atoms with Crippen LogP contribution in [0.4, 0.5) is 0 Å². The van der Waals surface area contributed by atoms with Crippen molar-refractivity contribution < 1.29 is 24.3 Å². The fraction of sp³-hybridized carbons (Fsp3) is 0.692. The highest BCUT2D eigenvalue weighted by Gasteiger charge is 2.21. The van der Waals surface area contributed by atoms with Gasteiger partial charge in [0.05, 0.1) is 11.1 Å². The average Bonchev–Trinajstić information content (AvgIpc) is 2.53. The van der Waals surface area contributed by atoms with Crippen LogP contribution in [0, 0.1) is 0 Å². The number of thioether (sulfide) groups is 1. The van der Waals surface area contributed by atoms with Crippen molar-refractivity contribution >= 4 is 51.4 Å². The number of nitrogens with one attached hydrogen (secondary N) is 2. The van der Waals surface area contributed by atoms with Crippen molar-refractivity contribution in [3.8, 4) is 0 Å². The molecule has 0 aromatic heterocycles. The standard InChI is InChI=1S/C13H22BrN3O5S/c1-9(13(21)22)17(2)12(20)3-6-23-8-11(19)16-5-4-15-10(18)7-14/h9H,3-8H2,1-2H3,(H,15,18)(H,16,19)(H,21,22)/t9-/m0/s1. The molecule has 0 radical (unpaired) electrons. The van der Waals surface area contributed by atoms with Crippen molar-refractivity contribution in [1.29, 1.82) is 0 Å².